The van der Waals surface area contributed by atoms with Crippen LogP contribution in [0.25, 0.3) is 11.3 Å². The molecular weight excluding hydrogens is 366 g/mol. The first-order valence-corrected chi connectivity index (χ1v) is 8.89. The highest BCUT2D eigenvalue weighted by atomic mass is 16.5. The summed E-state index contributed by atoms with van der Waals surface area (Å²) < 4.78 is 5.84. The van der Waals surface area contributed by atoms with Crippen LogP contribution in [0.1, 0.15) is 5.69 Å². The van der Waals surface area contributed by atoms with Gasteiger partial charge in [0.1, 0.15) is 23.1 Å². The molecule has 29 heavy (non-hydrogen) atoms. The van der Waals surface area contributed by atoms with Gasteiger partial charge in [0, 0.05) is 41.5 Å². The molecule has 0 radical (unpaired) electrons. The summed E-state index contributed by atoms with van der Waals surface area (Å²) in [5.74, 6) is 2.64. The Balaban J connectivity index is 1.51. The number of rotatable bonds is 5. The highest BCUT2D eigenvalue weighted by Crippen LogP contribution is 2.26. The van der Waals surface area contributed by atoms with Gasteiger partial charge in [0.15, 0.2) is 0 Å². The van der Waals surface area contributed by atoms with Crippen LogP contribution in [0.15, 0.2) is 67.0 Å². The van der Waals surface area contributed by atoms with Gasteiger partial charge in [-0.2, -0.15) is 4.98 Å². The van der Waals surface area contributed by atoms with Crippen LogP contribution in [0.4, 0.5) is 23.3 Å². The molecule has 0 bridgehead atoms. The first-order chi connectivity index (χ1) is 14.0. The maximum absolute atomic E-state index is 5.87. The third kappa shape index (κ3) is 4.56. The Labute approximate surface area is 167 Å². The third-order valence-electron chi connectivity index (χ3n) is 4.06. The van der Waals surface area contributed by atoms with Gasteiger partial charge in [0.25, 0.3) is 0 Å². The summed E-state index contributed by atoms with van der Waals surface area (Å²) >= 11 is 0. The lowest BCUT2D eigenvalue weighted by molar-refractivity contribution is 0.481. The van der Waals surface area contributed by atoms with Crippen LogP contribution in [0.5, 0.6) is 11.5 Å². The molecule has 0 saturated heterocycles. The van der Waals surface area contributed by atoms with E-state index in [9.17, 15) is 0 Å². The number of benzene rings is 1. The Kier molecular flexibility index (Phi) is 4.90. The molecule has 0 aliphatic rings. The van der Waals surface area contributed by atoms with Gasteiger partial charge in [-0.1, -0.05) is 0 Å². The molecule has 1 aromatic carbocycles. The number of ether oxygens (including phenoxy) is 1. The molecule has 0 unspecified atom stereocenters. The molecule has 0 aliphatic heterocycles. The van der Waals surface area contributed by atoms with Crippen molar-refractivity contribution in [3.05, 3.63) is 72.7 Å². The predicted octanol–water partition coefficient (Wildman–Crippen LogP) is 3.94. The largest absolute Gasteiger partial charge is 0.457 e. The van der Waals surface area contributed by atoms with Gasteiger partial charge < -0.3 is 21.5 Å². The van der Waals surface area contributed by atoms with Crippen LogP contribution in [-0.2, 0) is 0 Å². The van der Waals surface area contributed by atoms with Crippen molar-refractivity contribution in [1.82, 2.24) is 19.9 Å². The summed E-state index contributed by atoms with van der Waals surface area (Å²) in [5, 5.41) is 3.22. The molecule has 8 heteroatoms. The quantitative estimate of drug-likeness (QED) is 0.472. The standard InChI is InChI=1S/C21H19N7O/c1-13-10-17(8-9-24-13)29-16-5-3-15(4-6-16)26-20-11-18(27-21(23)28-20)14-2-7-19(22)25-12-14/h2-12H,1H3,(H2,22,25)(H3,23,26,27,28). The fourth-order valence-electron chi connectivity index (χ4n) is 2.71. The summed E-state index contributed by atoms with van der Waals surface area (Å²) in [4.78, 5) is 16.8. The van der Waals surface area contributed by atoms with Crippen molar-refractivity contribution in [3.63, 3.8) is 0 Å². The van der Waals surface area contributed by atoms with Crippen molar-refractivity contribution >= 4 is 23.3 Å². The van der Waals surface area contributed by atoms with Gasteiger partial charge in [0.2, 0.25) is 5.95 Å². The minimum absolute atomic E-state index is 0.162. The van der Waals surface area contributed by atoms with Crippen LogP contribution in [-0.4, -0.2) is 19.9 Å². The molecule has 0 fully saturated rings. The Morgan fingerprint density at radius 2 is 1.69 bits per heavy atom. The van der Waals surface area contributed by atoms with E-state index in [1.807, 2.05) is 49.4 Å². The molecule has 8 nitrogen and oxygen atoms in total. The molecule has 0 saturated carbocycles. The summed E-state index contributed by atoms with van der Waals surface area (Å²) in [5.41, 5.74) is 14.7. The van der Waals surface area contributed by atoms with Gasteiger partial charge in [0.05, 0.1) is 5.69 Å². The topological polar surface area (TPSA) is 125 Å². The van der Waals surface area contributed by atoms with E-state index in [1.165, 1.54) is 0 Å². The van der Waals surface area contributed by atoms with Crippen molar-refractivity contribution in [2.24, 2.45) is 0 Å². The summed E-state index contributed by atoms with van der Waals surface area (Å²) in [7, 11) is 0. The van der Waals surface area contributed by atoms with Gasteiger partial charge in [-0.15, -0.1) is 0 Å². The summed E-state index contributed by atoms with van der Waals surface area (Å²) in [6, 6.07) is 16.6. The number of anilines is 4. The Morgan fingerprint density at radius 1 is 0.862 bits per heavy atom. The normalized spacial score (nSPS) is 10.5. The SMILES string of the molecule is Cc1cc(Oc2ccc(Nc3cc(-c4ccc(N)nc4)nc(N)n3)cc2)ccn1. The van der Waals surface area contributed by atoms with E-state index in [0.717, 1.165) is 28.4 Å². The Morgan fingerprint density at radius 3 is 2.41 bits per heavy atom. The van der Waals surface area contributed by atoms with Gasteiger partial charge in [-0.25, -0.2) is 9.97 Å². The second-order valence-electron chi connectivity index (χ2n) is 6.35. The smallest absolute Gasteiger partial charge is 0.222 e. The number of nitrogens with one attached hydrogen (secondary N) is 1. The lowest BCUT2D eigenvalue weighted by atomic mass is 10.2. The van der Waals surface area contributed by atoms with E-state index < -0.39 is 0 Å². The van der Waals surface area contributed by atoms with E-state index in [-0.39, 0.29) is 5.95 Å². The van der Waals surface area contributed by atoms with Gasteiger partial charge in [-0.3, -0.25) is 4.98 Å². The molecular formula is C21H19N7O. The number of nitrogens with two attached hydrogens (primary N) is 2. The fraction of sp³-hybridized carbons (Fsp3) is 0.0476. The Hall–Kier alpha value is -4.20. The zero-order valence-electron chi connectivity index (χ0n) is 15.7. The van der Waals surface area contributed by atoms with Crippen LogP contribution < -0.4 is 21.5 Å². The van der Waals surface area contributed by atoms with Crippen LogP contribution in [0.3, 0.4) is 0 Å². The molecule has 0 spiro atoms. The maximum Gasteiger partial charge on any atom is 0.222 e. The number of aryl methyl sites for hydroxylation is 1. The van der Waals surface area contributed by atoms with E-state index in [4.69, 9.17) is 16.2 Å². The molecule has 0 amide bonds. The first-order valence-electron chi connectivity index (χ1n) is 8.89. The molecule has 144 valence electrons. The number of aromatic nitrogens is 4. The maximum atomic E-state index is 5.87. The fourth-order valence-corrected chi connectivity index (χ4v) is 2.71. The molecule has 3 heterocycles. The second kappa shape index (κ2) is 7.81. The molecule has 5 N–H and O–H groups in total. The van der Waals surface area contributed by atoms with E-state index in [0.29, 0.717) is 17.3 Å². The number of pyridine rings is 2. The number of nitrogens with zero attached hydrogens (tertiary/aromatic N) is 4. The number of hydrogen-bond donors (Lipinski definition) is 3. The Bertz CT molecular complexity index is 1130. The first kappa shape index (κ1) is 18.2. The van der Waals surface area contributed by atoms with Crippen molar-refractivity contribution in [1.29, 1.82) is 0 Å². The second-order valence-corrected chi connectivity index (χ2v) is 6.35. The van der Waals surface area contributed by atoms with Crippen molar-refractivity contribution in [3.8, 4) is 22.8 Å². The van der Waals surface area contributed by atoms with E-state index in [2.05, 4.69) is 25.3 Å². The minimum Gasteiger partial charge on any atom is -0.457 e. The van der Waals surface area contributed by atoms with Crippen molar-refractivity contribution in [2.75, 3.05) is 16.8 Å². The lowest BCUT2D eigenvalue weighted by Gasteiger charge is -2.10. The van der Waals surface area contributed by atoms with Crippen LogP contribution in [0.2, 0.25) is 0 Å². The summed E-state index contributed by atoms with van der Waals surface area (Å²) in [6.45, 7) is 1.92. The molecule has 0 atom stereocenters. The third-order valence-corrected chi connectivity index (χ3v) is 4.06. The monoisotopic (exact) mass is 385 g/mol. The molecule has 4 rings (SSSR count). The number of hydrogen-bond acceptors (Lipinski definition) is 8. The zero-order chi connectivity index (χ0) is 20.2. The number of nitrogen functional groups attached to an aromatic ring is 2. The predicted molar refractivity (Wildman–Crippen MR) is 113 cm³/mol. The van der Waals surface area contributed by atoms with Crippen molar-refractivity contribution < 1.29 is 4.74 Å². The van der Waals surface area contributed by atoms with Crippen molar-refractivity contribution in [2.45, 2.75) is 6.92 Å². The highest BCUT2D eigenvalue weighted by molar-refractivity contribution is 5.67. The minimum atomic E-state index is 0.162. The molecule has 0 aliphatic carbocycles. The molecule has 3 aromatic heterocycles. The summed E-state index contributed by atoms with van der Waals surface area (Å²) in [6.07, 6.45) is 3.36. The lowest BCUT2D eigenvalue weighted by Crippen LogP contribution is -2.02. The van der Waals surface area contributed by atoms with Gasteiger partial charge in [-0.05, 0) is 49.4 Å². The zero-order valence-corrected chi connectivity index (χ0v) is 15.7. The van der Waals surface area contributed by atoms with Gasteiger partial charge >= 0.3 is 0 Å². The average molecular weight is 385 g/mol. The molecule has 4 aromatic rings. The van der Waals surface area contributed by atoms with E-state index >= 15 is 0 Å². The average Bonchev–Trinajstić information content (AvgIpc) is 2.70. The van der Waals surface area contributed by atoms with E-state index in [1.54, 1.807) is 24.5 Å². The highest BCUT2D eigenvalue weighted by Gasteiger charge is 2.07. The van der Waals surface area contributed by atoms with Crippen LogP contribution in [0, 0.1) is 6.92 Å². The van der Waals surface area contributed by atoms with Crippen LogP contribution >= 0.6 is 0 Å².